The normalized spacial score (nSPS) is 15.0. The lowest BCUT2D eigenvalue weighted by Crippen LogP contribution is -2.57. The molecule has 0 spiro atoms. The van der Waals surface area contributed by atoms with Gasteiger partial charge in [-0.3, -0.25) is 9.59 Å². The van der Waals surface area contributed by atoms with Crippen LogP contribution in [0.2, 0.25) is 0 Å². The Kier molecular flexibility index (Phi) is 10.5. The Morgan fingerprint density at radius 3 is 2.20 bits per heavy atom. The van der Waals surface area contributed by atoms with Crippen LogP contribution in [0.1, 0.15) is 74.8 Å². The fraction of sp³-hybridized carbons (Fsp3) is 0.516. The Morgan fingerprint density at radius 1 is 1.05 bits per heavy atom. The van der Waals surface area contributed by atoms with Gasteiger partial charge in [-0.05, 0) is 95.9 Å². The van der Waals surface area contributed by atoms with E-state index in [0.717, 1.165) is 30.4 Å². The summed E-state index contributed by atoms with van der Waals surface area (Å²) in [6.07, 6.45) is 4.00. The average Bonchev–Trinajstić information content (AvgIpc) is 2.83. The van der Waals surface area contributed by atoms with E-state index in [1.807, 2.05) is 38.3 Å². The number of phenols is 1. The molecule has 0 aromatic heterocycles. The first kappa shape index (κ1) is 31.3. The molecule has 2 unspecified atom stereocenters. The predicted molar refractivity (Wildman–Crippen MR) is 161 cm³/mol. The first-order valence-electron chi connectivity index (χ1n) is 13.8. The molecule has 1 aliphatic carbocycles. The van der Waals surface area contributed by atoms with Crippen molar-refractivity contribution in [3.05, 3.63) is 58.7 Å². The summed E-state index contributed by atoms with van der Waals surface area (Å²) in [7, 11) is 0. The highest BCUT2D eigenvalue weighted by Gasteiger charge is 2.43. The number of amides is 3. The van der Waals surface area contributed by atoms with Crippen molar-refractivity contribution < 1.29 is 24.2 Å². The molecule has 0 heterocycles. The van der Waals surface area contributed by atoms with Gasteiger partial charge in [-0.15, -0.1) is 0 Å². The Balaban J connectivity index is 2.08. The Labute approximate surface area is 242 Å². The summed E-state index contributed by atoms with van der Waals surface area (Å²) in [6.45, 7) is 10.9. The van der Waals surface area contributed by atoms with E-state index in [1.165, 1.54) is 0 Å². The number of aromatic hydroxyl groups is 1. The number of para-hydroxylation sites is 2. The molecule has 1 saturated carbocycles. The molecule has 0 radical (unpaired) electrons. The number of rotatable bonds is 10. The van der Waals surface area contributed by atoms with Gasteiger partial charge in [0, 0.05) is 17.3 Å². The topological polar surface area (TPSA) is 108 Å². The van der Waals surface area contributed by atoms with Crippen LogP contribution in [-0.4, -0.2) is 57.6 Å². The summed E-state index contributed by atoms with van der Waals surface area (Å²) < 4.78 is 5.46. The van der Waals surface area contributed by atoms with Gasteiger partial charge in [-0.2, -0.15) is 11.8 Å². The average molecular weight is 570 g/mol. The smallest absolute Gasteiger partial charge is 0.408 e. The maximum atomic E-state index is 14.4. The predicted octanol–water partition coefficient (Wildman–Crippen LogP) is 6.02. The second-order valence-electron chi connectivity index (χ2n) is 11.5. The minimum absolute atomic E-state index is 0.0259. The lowest BCUT2D eigenvalue weighted by Gasteiger charge is -2.43. The number of anilines is 1. The van der Waals surface area contributed by atoms with E-state index in [1.54, 1.807) is 62.6 Å². The molecular weight excluding hydrogens is 526 g/mol. The lowest BCUT2D eigenvalue weighted by molar-refractivity contribution is -0.145. The molecular formula is C31H43N3O5S. The maximum Gasteiger partial charge on any atom is 0.408 e. The van der Waals surface area contributed by atoms with Crippen molar-refractivity contribution >= 4 is 35.4 Å². The third-order valence-corrected chi connectivity index (χ3v) is 7.79. The largest absolute Gasteiger partial charge is 0.507 e. The van der Waals surface area contributed by atoms with Crippen molar-refractivity contribution in [1.29, 1.82) is 0 Å². The quantitative estimate of drug-likeness (QED) is 0.323. The number of carbonyl (C=O) groups excluding carboxylic acids is 3. The minimum atomic E-state index is -1.10. The van der Waals surface area contributed by atoms with Gasteiger partial charge in [0.15, 0.2) is 0 Å². The van der Waals surface area contributed by atoms with Gasteiger partial charge in [-0.25, -0.2) is 4.79 Å². The number of aryl methyl sites for hydroxylation is 3. The van der Waals surface area contributed by atoms with E-state index < -0.39 is 29.7 Å². The Hall–Kier alpha value is -3.20. The van der Waals surface area contributed by atoms with E-state index >= 15 is 0 Å². The molecule has 0 bridgehead atoms. The van der Waals surface area contributed by atoms with Crippen LogP contribution in [0.25, 0.3) is 0 Å². The van der Waals surface area contributed by atoms with Gasteiger partial charge < -0.3 is 25.4 Å². The maximum absolute atomic E-state index is 14.4. The fourth-order valence-electron chi connectivity index (χ4n) is 4.83. The third-order valence-electron chi connectivity index (χ3n) is 7.14. The number of carbonyl (C=O) groups is 3. The van der Waals surface area contributed by atoms with E-state index in [-0.39, 0.29) is 17.7 Å². The molecule has 3 N–H and O–H groups in total. The zero-order chi connectivity index (χ0) is 29.6. The minimum Gasteiger partial charge on any atom is -0.507 e. The van der Waals surface area contributed by atoms with Gasteiger partial charge >= 0.3 is 6.09 Å². The van der Waals surface area contributed by atoms with Crippen LogP contribution in [0, 0.1) is 20.8 Å². The van der Waals surface area contributed by atoms with Crippen LogP contribution in [0.4, 0.5) is 10.5 Å². The number of benzene rings is 2. The summed E-state index contributed by atoms with van der Waals surface area (Å²) in [5.41, 5.74) is 2.69. The number of ether oxygens (including phenoxy) is 1. The number of phenolic OH excluding ortho intramolecular Hbond substituents is 1. The molecule has 2 aromatic rings. The van der Waals surface area contributed by atoms with Crippen molar-refractivity contribution in [2.24, 2.45) is 0 Å². The van der Waals surface area contributed by atoms with E-state index in [4.69, 9.17) is 4.74 Å². The number of thioether (sulfide) groups is 1. The molecule has 218 valence electrons. The van der Waals surface area contributed by atoms with Gasteiger partial charge in [0.25, 0.3) is 5.91 Å². The van der Waals surface area contributed by atoms with Crippen LogP contribution < -0.4 is 10.6 Å². The van der Waals surface area contributed by atoms with E-state index in [9.17, 15) is 19.5 Å². The second kappa shape index (κ2) is 13.4. The van der Waals surface area contributed by atoms with Gasteiger partial charge in [-0.1, -0.05) is 36.4 Å². The molecule has 40 heavy (non-hydrogen) atoms. The highest BCUT2D eigenvalue weighted by atomic mass is 32.2. The SMILES string of the molecule is CSCCC(NC(=O)OC(C)(C)C)C(=O)N(C1CCC1)C(C(=O)Nc1c(C)cccc1C)c1cccc(C)c1O. The highest BCUT2D eigenvalue weighted by Crippen LogP contribution is 2.39. The lowest BCUT2D eigenvalue weighted by atomic mass is 9.87. The molecule has 1 fully saturated rings. The molecule has 9 heteroatoms. The summed E-state index contributed by atoms with van der Waals surface area (Å²) in [5, 5.41) is 17.0. The van der Waals surface area contributed by atoms with Crippen molar-refractivity contribution in [2.75, 3.05) is 17.3 Å². The highest BCUT2D eigenvalue weighted by molar-refractivity contribution is 7.98. The summed E-state index contributed by atoms with van der Waals surface area (Å²) in [6, 6.07) is 8.77. The van der Waals surface area contributed by atoms with Crippen LogP contribution in [0.3, 0.4) is 0 Å². The van der Waals surface area contributed by atoms with Gasteiger partial charge in [0.1, 0.15) is 23.4 Å². The fourth-order valence-corrected chi connectivity index (χ4v) is 5.30. The number of hydrogen-bond donors (Lipinski definition) is 3. The van der Waals surface area contributed by atoms with E-state index in [0.29, 0.717) is 29.0 Å². The van der Waals surface area contributed by atoms with Crippen LogP contribution in [0.5, 0.6) is 5.75 Å². The third kappa shape index (κ3) is 7.71. The number of nitrogens with one attached hydrogen (secondary N) is 2. The molecule has 0 saturated heterocycles. The second-order valence-corrected chi connectivity index (χ2v) is 12.5. The first-order valence-corrected chi connectivity index (χ1v) is 15.2. The first-order chi connectivity index (χ1) is 18.8. The van der Waals surface area contributed by atoms with Crippen molar-refractivity contribution in [2.45, 2.75) is 91.0 Å². The van der Waals surface area contributed by atoms with Crippen molar-refractivity contribution in [1.82, 2.24) is 10.2 Å². The van der Waals surface area contributed by atoms with Crippen LogP contribution in [0.15, 0.2) is 36.4 Å². The monoisotopic (exact) mass is 569 g/mol. The summed E-state index contributed by atoms with van der Waals surface area (Å²) in [5.74, 6) is -0.187. The molecule has 3 amide bonds. The zero-order valence-electron chi connectivity index (χ0n) is 24.7. The molecule has 1 aliphatic rings. The van der Waals surface area contributed by atoms with Crippen LogP contribution >= 0.6 is 11.8 Å². The number of hydrogen-bond acceptors (Lipinski definition) is 6. The van der Waals surface area contributed by atoms with Gasteiger partial charge in [0.05, 0.1) is 0 Å². The molecule has 2 atom stereocenters. The Morgan fingerprint density at radius 2 is 1.65 bits per heavy atom. The Bertz CT molecular complexity index is 1200. The number of nitrogens with zero attached hydrogens (tertiary/aromatic N) is 1. The molecule has 2 aromatic carbocycles. The van der Waals surface area contributed by atoms with Gasteiger partial charge in [0.2, 0.25) is 5.91 Å². The van der Waals surface area contributed by atoms with Crippen LogP contribution in [-0.2, 0) is 14.3 Å². The van der Waals surface area contributed by atoms with E-state index in [2.05, 4.69) is 10.6 Å². The standard InChI is InChI=1S/C31H43N3O5S/c1-19-11-8-12-20(2)25(19)33-28(36)26(23-16-9-13-21(3)27(23)35)34(22-14-10-15-22)29(37)24(17-18-40-7)32-30(38)39-31(4,5)6/h8-9,11-13,16,22,24,26,35H,10,14-15,17-18H2,1-7H3,(H,32,38)(H,33,36). The van der Waals surface area contributed by atoms with Crippen molar-refractivity contribution in [3.8, 4) is 5.75 Å². The zero-order valence-corrected chi connectivity index (χ0v) is 25.5. The summed E-state index contributed by atoms with van der Waals surface area (Å²) in [4.78, 5) is 42.9. The number of alkyl carbamates (subject to hydrolysis) is 1. The molecule has 8 nitrogen and oxygen atoms in total. The molecule has 0 aliphatic heterocycles. The molecule has 3 rings (SSSR count). The van der Waals surface area contributed by atoms with Crippen molar-refractivity contribution in [3.63, 3.8) is 0 Å². The summed E-state index contributed by atoms with van der Waals surface area (Å²) >= 11 is 1.57.